The summed E-state index contributed by atoms with van der Waals surface area (Å²) >= 11 is 7.15. The fourth-order valence-corrected chi connectivity index (χ4v) is 0. The average Bonchev–Trinajstić information content (AvgIpc) is 1.38. The van der Waals surface area contributed by atoms with Crippen LogP contribution in [0.1, 0.15) is 0 Å². The molecule has 1 unspecified atom stereocenters. The topological polar surface area (TPSA) is 20.2 Å². The van der Waals surface area contributed by atoms with E-state index in [1.54, 1.807) is 0 Å². The molecule has 30 valence electrons. The van der Waals surface area contributed by atoms with Crippen molar-refractivity contribution in [3.05, 3.63) is 0 Å². The summed E-state index contributed by atoms with van der Waals surface area (Å²) in [4.78, 5) is 8.03. The molecule has 0 fully saturated rings. The molecule has 0 aromatic carbocycles. The van der Waals surface area contributed by atoms with E-state index in [4.69, 9.17) is 16.4 Å². The SMILES string of the molecule is O[Si]C(Cl)I. The molecule has 0 rings (SSSR count). The summed E-state index contributed by atoms with van der Waals surface area (Å²) in [6.45, 7) is 0. The van der Waals surface area contributed by atoms with Gasteiger partial charge in [-0.25, -0.2) is 0 Å². The minimum absolute atomic E-state index is 0.0902. The summed E-state index contributed by atoms with van der Waals surface area (Å²) < 4.78 is -0.0902. The Morgan fingerprint density at radius 1 is 2.00 bits per heavy atom. The van der Waals surface area contributed by atoms with Crippen molar-refractivity contribution < 1.29 is 4.80 Å². The molecule has 0 spiro atoms. The predicted octanol–water partition coefficient (Wildman–Crippen LogP) is 0.555. The molecule has 0 aliphatic heterocycles. The number of alkyl halides is 2. The zero-order valence-electron chi connectivity index (χ0n) is 2.28. The van der Waals surface area contributed by atoms with E-state index in [-0.39, 0.29) is 12.8 Å². The van der Waals surface area contributed by atoms with Crippen LogP contribution in [0.3, 0.4) is 0 Å². The first-order chi connectivity index (χ1) is 2.27. The van der Waals surface area contributed by atoms with Crippen LogP contribution in [0.25, 0.3) is 0 Å². The highest BCUT2D eigenvalue weighted by molar-refractivity contribution is 14.1. The van der Waals surface area contributed by atoms with Crippen molar-refractivity contribution in [1.29, 1.82) is 0 Å². The second-order valence-corrected chi connectivity index (χ2v) is 5.22. The van der Waals surface area contributed by atoms with Gasteiger partial charge in [0, 0.05) is 0 Å². The van der Waals surface area contributed by atoms with Crippen LogP contribution >= 0.6 is 34.2 Å². The second-order valence-electron chi connectivity index (χ2n) is 0.430. The molecule has 0 bridgehead atoms. The Bertz CT molecular complexity index is 25.6. The van der Waals surface area contributed by atoms with Gasteiger partial charge in [-0.1, -0.05) is 22.6 Å². The van der Waals surface area contributed by atoms with Crippen molar-refractivity contribution in [3.63, 3.8) is 0 Å². The van der Waals surface area contributed by atoms with E-state index in [2.05, 4.69) is 0 Å². The molecule has 5 heavy (non-hydrogen) atoms. The molecule has 1 N–H and O–H groups in total. The third-order valence-electron chi connectivity index (χ3n) is 0.0976. The second kappa shape index (κ2) is 3.39. The van der Waals surface area contributed by atoms with Crippen LogP contribution in [0.15, 0.2) is 0 Å². The highest BCUT2D eigenvalue weighted by Gasteiger charge is 1.92. The molecular formula is CH2ClIOSi. The van der Waals surface area contributed by atoms with E-state index in [0.717, 1.165) is 0 Å². The van der Waals surface area contributed by atoms with Gasteiger partial charge < -0.3 is 4.80 Å². The Labute approximate surface area is 51.8 Å². The van der Waals surface area contributed by atoms with Crippen LogP contribution in [0.4, 0.5) is 0 Å². The Kier molecular flexibility index (Phi) is 4.20. The first-order valence-electron chi connectivity index (χ1n) is 0.949. The molecule has 0 heterocycles. The molecule has 0 aliphatic rings. The molecule has 0 aliphatic carbocycles. The normalized spacial score (nSPS) is 15.0. The van der Waals surface area contributed by atoms with Crippen LogP contribution in [-0.2, 0) is 0 Å². The molecule has 0 aromatic rings. The van der Waals surface area contributed by atoms with Gasteiger partial charge in [0.15, 0.2) is 0 Å². The minimum atomic E-state index is -0.134. The first-order valence-corrected chi connectivity index (χ1v) is 3.66. The molecule has 2 radical (unpaired) electrons. The van der Waals surface area contributed by atoms with Crippen LogP contribution < -0.4 is 0 Å². The maximum Gasteiger partial charge on any atom is 0.255 e. The fourth-order valence-electron chi connectivity index (χ4n) is 0. The summed E-state index contributed by atoms with van der Waals surface area (Å²) in [6.07, 6.45) is 0. The van der Waals surface area contributed by atoms with Crippen molar-refractivity contribution in [2.45, 2.75) is 3.01 Å². The maximum atomic E-state index is 8.03. The zero-order chi connectivity index (χ0) is 4.28. The number of hydrogen-bond donors (Lipinski definition) is 1. The lowest BCUT2D eigenvalue weighted by Gasteiger charge is -1.81. The lowest BCUT2D eigenvalue weighted by atomic mass is 11.9. The fraction of sp³-hybridized carbons (Fsp3) is 1.00. The number of hydrogen-bond acceptors (Lipinski definition) is 1. The highest BCUT2D eigenvalue weighted by Crippen LogP contribution is 1.99. The monoisotopic (exact) mass is 220 g/mol. The highest BCUT2D eigenvalue weighted by atomic mass is 127. The van der Waals surface area contributed by atoms with Gasteiger partial charge >= 0.3 is 0 Å². The molecule has 1 nitrogen and oxygen atoms in total. The van der Waals surface area contributed by atoms with E-state index in [0.29, 0.717) is 0 Å². The summed E-state index contributed by atoms with van der Waals surface area (Å²) in [5.41, 5.74) is 0. The van der Waals surface area contributed by atoms with E-state index < -0.39 is 0 Å². The van der Waals surface area contributed by atoms with Gasteiger partial charge in [-0.05, 0) is 0 Å². The molecule has 0 saturated carbocycles. The van der Waals surface area contributed by atoms with E-state index >= 15 is 0 Å². The van der Waals surface area contributed by atoms with Crippen molar-refractivity contribution in [2.75, 3.05) is 0 Å². The maximum absolute atomic E-state index is 8.03. The van der Waals surface area contributed by atoms with E-state index in [1.807, 2.05) is 22.6 Å². The minimum Gasteiger partial charge on any atom is -0.430 e. The summed E-state index contributed by atoms with van der Waals surface area (Å²) in [7, 11) is -0.134. The van der Waals surface area contributed by atoms with Gasteiger partial charge in [0.1, 0.15) is 3.01 Å². The lowest BCUT2D eigenvalue weighted by Crippen LogP contribution is -1.96. The predicted molar refractivity (Wildman–Crippen MR) is 31.6 cm³/mol. The van der Waals surface area contributed by atoms with Crippen molar-refractivity contribution in [1.82, 2.24) is 0 Å². The molecule has 0 amide bonds. The first kappa shape index (κ1) is 6.20. The van der Waals surface area contributed by atoms with Crippen molar-refractivity contribution >= 4 is 44.0 Å². The number of rotatable bonds is 1. The van der Waals surface area contributed by atoms with Crippen LogP contribution in [0, 0.1) is 0 Å². The summed E-state index contributed by atoms with van der Waals surface area (Å²) in [5, 5.41) is 0. The zero-order valence-corrected chi connectivity index (χ0v) is 6.19. The van der Waals surface area contributed by atoms with E-state index in [9.17, 15) is 0 Å². The van der Waals surface area contributed by atoms with Crippen LogP contribution in [-0.4, -0.2) is 17.6 Å². The molecule has 0 saturated heterocycles. The Morgan fingerprint density at radius 2 is 2.20 bits per heavy atom. The average molecular weight is 220 g/mol. The summed E-state index contributed by atoms with van der Waals surface area (Å²) in [6, 6.07) is 0. The van der Waals surface area contributed by atoms with Gasteiger partial charge in [-0.15, -0.1) is 11.6 Å². The summed E-state index contributed by atoms with van der Waals surface area (Å²) in [5.74, 6) is 0. The largest absolute Gasteiger partial charge is 0.430 e. The molecule has 0 aromatic heterocycles. The Morgan fingerprint density at radius 3 is 2.20 bits per heavy atom. The smallest absolute Gasteiger partial charge is 0.255 e. The quantitative estimate of drug-likeness (QED) is 0.389. The molecule has 4 heteroatoms. The Hall–Kier alpha value is 1.20. The number of halogens is 2. The van der Waals surface area contributed by atoms with Gasteiger partial charge in [0.25, 0.3) is 9.76 Å². The third-order valence-corrected chi connectivity index (χ3v) is 1.42. The van der Waals surface area contributed by atoms with Crippen LogP contribution in [0.2, 0.25) is 0 Å². The van der Waals surface area contributed by atoms with Gasteiger partial charge in [-0.3, -0.25) is 0 Å². The van der Waals surface area contributed by atoms with Gasteiger partial charge in [0.2, 0.25) is 0 Å². The lowest BCUT2D eigenvalue weighted by molar-refractivity contribution is 0.607. The third kappa shape index (κ3) is 5.20. The van der Waals surface area contributed by atoms with Gasteiger partial charge in [-0.2, -0.15) is 0 Å². The van der Waals surface area contributed by atoms with Crippen LogP contribution in [0.5, 0.6) is 0 Å². The molecular weight excluding hydrogens is 218 g/mol. The molecule has 1 atom stereocenters. The van der Waals surface area contributed by atoms with Crippen molar-refractivity contribution in [3.8, 4) is 0 Å². The van der Waals surface area contributed by atoms with Gasteiger partial charge in [0.05, 0.1) is 0 Å². The standard InChI is InChI=1S/CH2ClIOSi/c2-1(3)5-4/h1,4H. The van der Waals surface area contributed by atoms with Crippen molar-refractivity contribution in [2.24, 2.45) is 0 Å². The van der Waals surface area contributed by atoms with E-state index in [1.165, 1.54) is 0 Å². The Balaban J connectivity index is 2.54.